The third-order valence-electron chi connectivity index (χ3n) is 3.29. The van der Waals surface area contributed by atoms with Crippen LogP contribution >= 0.6 is 23.2 Å². The lowest BCUT2D eigenvalue weighted by Gasteiger charge is -2.09. The fourth-order valence-corrected chi connectivity index (χ4v) is 2.51. The van der Waals surface area contributed by atoms with Crippen LogP contribution in [0, 0.1) is 0 Å². The van der Waals surface area contributed by atoms with Gasteiger partial charge in [-0.3, -0.25) is 9.78 Å². The first-order valence-corrected chi connectivity index (χ1v) is 8.31. The first kappa shape index (κ1) is 17.6. The van der Waals surface area contributed by atoms with Crippen molar-refractivity contribution in [2.75, 3.05) is 17.2 Å². The van der Waals surface area contributed by atoms with Crippen LogP contribution in [0.15, 0.2) is 36.7 Å². The second kappa shape index (κ2) is 8.75. The highest BCUT2D eigenvalue weighted by Gasteiger charge is 2.10. The molecule has 1 aromatic heterocycles. The number of unbranched alkanes of at least 4 members (excludes halogenated alkanes) is 2. The third-order valence-corrected chi connectivity index (χ3v) is 3.84. The molecule has 0 aliphatic rings. The van der Waals surface area contributed by atoms with Crippen molar-refractivity contribution in [3.8, 4) is 0 Å². The van der Waals surface area contributed by atoms with Gasteiger partial charge in [-0.1, -0.05) is 43.0 Å². The van der Waals surface area contributed by atoms with Gasteiger partial charge in [0.15, 0.2) is 0 Å². The van der Waals surface area contributed by atoms with Crippen LogP contribution in [0.2, 0.25) is 10.0 Å². The molecular weight excluding hydrogens is 333 g/mol. The summed E-state index contributed by atoms with van der Waals surface area (Å²) in [6, 6.07) is 6.70. The lowest BCUT2D eigenvalue weighted by atomic mass is 10.2. The van der Waals surface area contributed by atoms with Crippen molar-refractivity contribution in [2.24, 2.45) is 0 Å². The van der Waals surface area contributed by atoms with Crippen molar-refractivity contribution in [3.63, 3.8) is 0 Å². The van der Waals surface area contributed by atoms with Crippen LogP contribution in [0.3, 0.4) is 0 Å². The van der Waals surface area contributed by atoms with Crippen molar-refractivity contribution in [2.45, 2.75) is 26.2 Å². The Bertz CT molecular complexity index is 677. The van der Waals surface area contributed by atoms with E-state index in [1.807, 2.05) is 0 Å². The van der Waals surface area contributed by atoms with Crippen molar-refractivity contribution in [3.05, 3.63) is 52.3 Å². The molecular formula is C17H19Cl2N3O. The maximum Gasteiger partial charge on any atom is 0.257 e. The molecule has 0 aliphatic carbocycles. The minimum atomic E-state index is -0.265. The smallest absolute Gasteiger partial charge is 0.257 e. The summed E-state index contributed by atoms with van der Waals surface area (Å²) in [5.41, 5.74) is 1.81. The normalized spacial score (nSPS) is 10.4. The van der Waals surface area contributed by atoms with Crippen LogP contribution < -0.4 is 10.6 Å². The van der Waals surface area contributed by atoms with E-state index >= 15 is 0 Å². The Morgan fingerprint density at radius 1 is 1.17 bits per heavy atom. The lowest BCUT2D eigenvalue weighted by molar-refractivity contribution is 0.102. The number of amides is 1. The number of hydrogen-bond donors (Lipinski definition) is 2. The number of rotatable bonds is 7. The summed E-state index contributed by atoms with van der Waals surface area (Å²) >= 11 is 11.9. The molecule has 0 unspecified atom stereocenters. The van der Waals surface area contributed by atoms with Gasteiger partial charge in [0.2, 0.25) is 0 Å². The second-order valence-corrected chi connectivity index (χ2v) is 6.02. The Morgan fingerprint density at radius 2 is 2.00 bits per heavy atom. The van der Waals surface area contributed by atoms with Gasteiger partial charge in [0.1, 0.15) is 0 Å². The zero-order valence-corrected chi connectivity index (χ0v) is 14.4. The topological polar surface area (TPSA) is 54.0 Å². The molecule has 0 spiro atoms. The van der Waals surface area contributed by atoms with Crippen molar-refractivity contribution in [1.29, 1.82) is 0 Å². The largest absolute Gasteiger partial charge is 0.384 e. The fraction of sp³-hybridized carbons (Fsp3) is 0.294. The Hall–Kier alpha value is -1.78. The number of carbonyl (C=O) groups excluding carboxylic acids is 1. The molecule has 1 aromatic carbocycles. The van der Waals surface area contributed by atoms with E-state index in [4.69, 9.17) is 23.2 Å². The Morgan fingerprint density at radius 3 is 2.74 bits per heavy atom. The van der Waals surface area contributed by atoms with Crippen LogP contribution in [-0.2, 0) is 0 Å². The standard InChI is InChI=1S/C17H19Cl2N3O/c1-2-3-4-7-21-14-8-12(10-20-11-14)17(23)22-16-6-5-13(18)9-15(16)19/h5-6,8-11,21H,2-4,7H2,1H3,(H,22,23). The van der Waals surface area contributed by atoms with Crippen LogP contribution in [-0.4, -0.2) is 17.4 Å². The van der Waals surface area contributed by atoms with Crippen LogP contribution in [0.5, 0.6) is 0 Å². The number of benzene rings is 1. The summed E-state index contributed by atoms with van der Waals surface area (Å²) < 4.78 is 0. The average Bonchev–Trinajstić information content (AvgIpc) is 2.54. The number of aromatic nitrogens is 1. The Labute approximate surface area is 146 Å². The maximum absolute atomic E-state index is 12.3. The average molecular weight is 352 g/mol. The lowest BCUT2D eigenvalue weighted by Crippen LogP contribution is -2.13. The molecule has 2 N–H and O–H groups in total. The molecule has 0 bridgehead atoms. The summed E-state index contributed by atoms with van der Waals surface area (Å²) in [6.07, 6.45) is 6.67. The van der Waals surface area contributed by atoms with Crippen LogP contribution in [0.4, 0.5) is 11.4 Å². The predicted octanol–water partition coefficient (Wildman–Crippen LogP) is 5.24. The molecule has 1 heterocycles. The van der Waals surface area contributed by atoms with Gasteiger partial charge in [-0.25, -0.2) is 0 Å². The van der Waals surface area contributed by atoms with E-state index in [0.717, 1.165) is 18.7 Å². The summed E-state index contributed by atoms with van der Waals surface area (Å²) in [4.78, 5) is 16.4. The molecule has 0 saturated heterocycles. The van der Waals surface area contributed by atoms with Gasteiger partial charge in [-0.2, -0.15) is 0 Å². The monoisotopic (exact) mass is 351 g/mol. The van der Waals surface area contributed by atoms with Crippen LogP contribution in [0.25, 0.3) is 0 Å². The summed E-state index contributed by atoms with van der Waals surface area (Å²) in [5.74, 6) is -0.265. The predicted molar refractivity (Wildman–Crippen MR) is 96.7 cm³/mol. The highest BCUT2D eigenvalue weighted by atomic mass is 35.5. The maximum atomic E-state index is 12.3. The van der Waals surface area contributed by atoms with Gasteiger partial charge in [-0.05, 0) is 30.7 Å². The second-order valence-electron chi connectivity index (χ2n) is 5.17. The van der Waals surface area contributed by atoms with E-state index in [1.54, 1.807) is 30.5 Å². The number of hydrogen-bond acceptors (Lipinski definition) is 3. The van der Waals surface area contributed by atoms with Gasteiger partial charge in [0.05, 0.1) is 22.0 Å². The molecule has 0 radical (unpaired) electrons. The van der Waals surface area contributed by atoms with E-state index in [9.17, 15) is 4.79 Å². The number of nitrogens with zero attached hydrogens (tertiary/aromatic N) is 1. The number of carbonyl (C=O) groups is 1. The molecule has 0 atom stereocenters. The molecule has 0 aliphatic heterocycles. The minimum absolute atomic E-state index is 0.265. The molecule has 2 aromatic rings. The van der Waals surface area contributed by atoms with E-state index in [2.05, 4.69) is 22.5 Å². The van der Waals surface area contributed by atoms with Crippen molar-refractivity contribution < 1.29 is 4.79 Å². The molecule has 2 rings (SSSR count). The number of anilines is 2. The zero-order chi connectivity index (χ0) is 16.7. The van der Waals surface area contributed by atoms with Gasteiger partial charge in [0, 0.05) is 24.0 Å². The molecule has 0 fully saturated rings. The molecule has 6 heteroatoms. The summed E-state index contributed by atoms with van der Waals surface area (Å²) in [6.45, 7) is 3.03. The molecule has 1 amide bonds. The van der Waals surface area contributed by atoms with E-state index in [1.165, 1.54) is 19.0 Å². The van der Waals surface area contributed by atoms with E-state index < -0.39 is 0 Å². The van der Waals surface area contributed by atoms with E-state index in [0.29, 0.717) is 21.3 Å². The van der Waals surface area contributed by atoms with Crippen LogP contribution in [0.1, 0.15) is 36.5 Å². The van der Waals surface area contributed by atoms with Gasteiger partial charge in [0.25, 0.3) is 5.91 Å². The number of halogens is 2. The zero-order valence-electron chi connectivity index (χ0n) is 12.9. The Kier molecular flexibility index (Phi) is 6.68. The van der Waals surface area contributed by atoms with E-state index in [-0.39, 0.29) is 5.91 Å². The SMILES string of the molecule is CCCCCNc1cncc(C(=O)Nc2ccc(Cl)cc2Cl)c1. The Balaban J connectivity index is 2.01. The van der Waals surface area contributed by atoms with Gasteiger partial charge in [-0.15, -0.1) is 0 Å². The number of pyridine rings is 1. The first-order chi connectivity index (χ1) is 11.1. The number of nitrogens with one attached hydrogen (secondary N) is 2. The summed E-state index contributed by atoms with van der Waals surface area (Å²) in [7, 11) is 0. The van der Waals surface area contributed by atoms with Crippen molar-refractivity contribution >= 4 is 40.5 Å². The highest BCUT2D eigenvalue weighted by Crippen LogP contribution is 2.25. The molecule has 4 nitrogen and oxygen atoms in total. The third kappa shape index (κ3) is 5.41. The van der Waals surface area contributed by atoms with Crippen molar-refractivity contribution in [1.82, 2.24) is 4.98 Å². The highest BCUT2D eigenvalue weighted by molar-refractivity contribution is 6.36. The molecule has 23 heavy (non-hydrogen) atoms. The fourth-order valence-electron chi connectivity index (χ4n) is 2.05. The van der Waals surface area contributed by atoms with Gasteiger partial charge >= 0.3 is 0 Å². The quantitative estimate of drug-likeness (QED) is 0.670. The summed E-state index contributed by atoms with van der Waals surface area (Å²) in [5, 5.41) is 6.95. The molecule has 0 saturated carbocycles. The van der Waals surface area contributed by atoms with Gasteiger partial charge < -0.3 is 10.6 Å². The molecule has 122 valence electrons. The first-order valence-electron chi connectivity index (χ1n) is 7.55. The minimum Gasteiger partial charge on any atom is -0.384 e.